The number of hydroxylamine groups is 1. The molecule has 0 atom stereocenters. The van der Waals surface area contributed by atoms with Crippen LogP contribution in [0.4, 0.5) is 0 Å². The van der Waals surface area contributed by atoms with Gasteiger partial charge in [0.2, 0.25) is 0 Å². The molecular weight excluding hydrogens is 782 g/mol. The van der Waals surface area contributed by atoms with E-state index < -0.39 is 5.91 Å². The molecular formula is C41H68BrN7O7. The van der Waals surface area contributed by atoms with Crippen LogP contribution in [0.3, 0.4) is 0 Å². The van der Waals surface area contributed by atoms with Crippen molar-refractivity contribution in [2.45, 2.75) is 112 Å². The van der Waals surface area contributed by atoms with E-state index in [9.17, 15) is 14.4 Å². The van der Waals surface area contributed by atoms with E-state index >= 15 is 0 Å². The second-order valence-corrected chi connectivity index (χ2v) is 14.4. The van der Waals surface area contributed by atoms with Crippen LogP contribution in [-0.4, -0.2) is 110 Å². The van der Waals surface area contributed by atoms with Crippen LogP contribution in [0, 0.1) is 0 Å². The molecule has 0 saturated heterocycles. The third kappa shape index (κ3) is 16.2. The normalized spacial score (nSPS) is 14.3. The average molecular weight is 851 g/mol. The lowest BCUT2D eigenvalue weighted by Crippen LogP contribution is -2.33. The van der Waals surface area contributed by atoms with Crippen LogP contribution in [-0.2, 0) is 48.7 Å². The quantitative estimate of drug-likeness (QED) is 0.0691. The molecule has 316 valence electrons. The second-order valence-electron chi connectivity index (χ2n) is 13.6. The molecule has 0 saturated carbocycles. The maximum Gasteiger partial charge on any atom is 0.339 e. The Bertz CT molecular complexity index is 1550. The third-order valence-corrected chi connectivity index (χ3v) is 9.97. The van der Waals surface area contributed by atoms with Crippen molar-refractivity contribution in [3.05, 3.63) is 70.6 Å². The summed E-state index contributed by atoms with van der Waals surface area (Å²) in [5.41, 5.74) is 7.06. The Morgan fingerprint density at radius 2 is 1.12 bits per heavy atom. The number of esters is 2. The van der Waals surface area contributed by atoms with Gasteiger partial charge in [0.1, 0.15) is 0 Å². The fraction of sp³-hybridized carbons (Fsp3) is 0.634. The van der Waals surface area contributed by atoms with Crippen LogP contribution in [0.2, 0.25) is 0 Å². The highest BCUT2D eigenvalue weighted by Crippen LogP contribution is 2.19. The van der Waals surface area contributed by atoms with E-state index in [0.717, 1.165) is 95.8 Å². The summed E-state index contributed by atoms with van der Waals surface area (Å²) in [4.78, 5) is 39.2. The number of ether oxygens (including phenoxy) is 2. The van der Waals surface area contributed by atoms with Crippen LogP contribution >= 0.6 is 15.9 Å². The van der Waals surface area contributed by atoms with Crippen molar-refractivity contribution in [1.29, 1.82) is 0 Å². The van der Waals surface area contributed by atoms with E-state index in [0.29, 0.717) is 29.9 Å². The monoisotopic (exact) mass is 849 g/mol. The summed E-state index contributed by atoms with van der Waals surface area (Å²) in [5.74, 6) is -0.874. The fourth-order valence-electron chi connectivity index (χ4n) is 6.35. The number of nitrogens with one attached hydrogen (secondary N) is 2. The number of unbranched alkanes of at least 4 members (excludes halogenated alkanes) is 3. The molecule has 0 fully saturated rings. The van der Waals surface area contributed by atoms with Gasteiger partial charge in [0.15, 0.2) is 0 Å². The molecule has 0 unspecified atom stereocenters. The molecule has 0 aliphatic carbocycles. The zero-order valence-electron chi connectivity index (χ0n) is 34.7. The third-order valence-electron chi connectivity index (χ3n) is 9.41. The van der Waals surface area contributed by atoms with Gasteiger partial charge in [-0.05, 0) is 64.4 Å². The van der Waals surface area contributed by atoms with Crippen molar-refractivity contribution in [3.63, 3.8) is 0 Å². The number of aliphatic hydroxyl groups is 1. The molecule has 0 spiro atoms. The Morgan fingerprint density at radius 1 is 0.679 bits per heavy atom. The topological polar surface area (TPSA) is 155 Å². The molecule has 3 aromatic rings. The molecule has 4 N–H and O–H groups in total. The Morgan fingerprint density at radius 3 is 1.54 bits per heavy atom. The van der Waals surface area contributed by atoms with Crippen LogP contribution < -0.4 is 10.8 Å². The molecule has 0 radical (unpaired) electrons. The van der Waals surface area contributed by atoms with Crippen molar-refractivity contribution >= 4 is 33.8 Å². The first-order valence-corrected chi connectivity index (χ1v) is 21.4. The van der Waals surface area contributed by atoms with E-state index in [1.807, 2.05) is 44.4 Å². The number of alkyl halides is 1. The summed E-state index contributed by atoms with van der Waals surface area (Å²) in [6.07, 6.45) is 13.1. The molecule has 6 rings (SSSR count). The number of fused-ring (bicyclic) bond motifs is 3. The minimum absolute atomic E-state index is 0.209. The maximum absolute atomic E-state index is 11.7. The van der Waals surface area contributed by atoms with Gasteiger partial charge < -0.3 is 33.6 Å². The largest absolute Gasteiger partial charge is 0.462 e. The molecule has 1 amide bonds. The molecule has 6 heterocycles. The van der Waals surface area contributed by atoms with E-state index in [1.54, 1.807) is 11.7 Å². The Hall–Kier alpha value is -3.47. The summed E-state index contributed by atoms with van der Waals surface area (Å²) in [5, 5.41) is 20.0. The zero-order valence-corrected chi connectivity index (χ0v) is 36.2. The predicted octanol–water partition coefficient (Wildman–Crippen LogP) is 6.06. The summed E-state index contributed by atoms with van der Waals surface area (Å²) >= 11 is 3.31. The van der Waals surface area contributed by atoms with Gasteiger partial charge in [-0.1, -0.05) is 56.0 Å². The summed E-state index contributed by atoms with van der Waals surface area (Å²) in [6.45, 7) is 21.9. The number of carbonyl (C=O) groups excluding carboxylic acids is 3. The number of aromatic nitrogens is 3. The fourth-order valence-corrected chi connectivity index (χ4v) is 6.91. The van der Waals surface area contributed by atoms with Gasteiger partial charge >= 0.3 is 11.9 Å². The number of nitrogens with zero attached hydrogens (tertiary/aromatic N) is 5. The molecule has 56 heavy (non-hydrogen) atoms. The molecule has 0 bridgehead atoms. The van der Waals surface area contributed by atoms with Crippen molar-refractivity contribution < 1.29 is 34.2 Å². The highest BCUT2D eigenvalue weighted by molar-refractivity contribution is 9.09. The molecule has 3 aromatic heterocycles. The van der Waals surface area contributed by atoms with Crippen LogP contribution in [0.15, 0.2) is 36.8 Å². The number of amides is 1. The van der Waals surface area contributed by atoms with Crippen LogP contribution in [0.1, 0.15) is 121 Å². The average Bonchev–Trinajstić information content (AvgIpc) is 3.98. The predicted molar refractivity (Wildman–Crippen MR) is 223 cm³/mol. The van der Waals surface area contributed by atoms with Gasteiger partial charge in [-0.3, -0.25) is 19.8 Å². The minimum Gasteiger partial charge on any atom is -0.462 e. The number of hydrogen-bond acceptors (Lipinski definition) is 10. The van der Waals surface area contributed by atoms with Crippen molar-refractivity contribution in [2.75, 3.05) is 58.4 Å². The van der Waals surface area contributed by atoms with Gasteiger partial charge in [0.25, 0.3) is 5.91 Å². The first-order chi connectivity index (χ1) is 27.2. The van der Waals surface area contributed by atoms with Gasteiger partial charge in [-0.2, -0.15) is 0 Å². The molecule has 14 nitrogen and oxygen atoms in total. The molecule has 0 aromatic carbocycles. The van der Waals surface area contributed by atoms with E-state index in [2.05, 4.69) is 65.5 Å². The number of rotatable bonds is 13. The SMILES string of the molecule is CCCCBr.CCCCN1CCn2cc(C(=O)NO)cc2C1.CCCCN1CCn2cc(C(=O)OCC)cc2C1.CCOC(=O)c1cc2n(c1)CCNC2.CO. The summed E-state index contributed by atoms with van der Waals surface area (Å²) in [6, 6.07) is 5.71. The van der Waals surface area contributed by atoms with E-state index in [4.69, 9.17) is 19.8 Å². The number of halogens is 1. The summed E-state index contributed by atoms with van der Waals surface area (Å²) in [7, 11) is 1.00. The highest BCUT2D eigenvalue weighted by atomic mass is 79.9. The lowest BCUT2D eigenvalue weighted by atomic mass is 10.2. The Labute approximate surface area is 342 Å². The van der Waals surface area contributed by atoms with Gasteiger partial charge in [-0.15, -0.1) is 0 Å². The van der Waals surface area contributed by atoms with Crippen LogP contribution in [0.25, 0.3) is 0 Å². The van der Waals surface area contributed by atoms with Gasteiger partial charge in [0.05, 0.1) is 29.9 Å². The Kier molecular flexibility index (Phi) is 24.4. The molecule has 15 heteroatoms. The van der Waals surface area contributed by atoms with Crippen molar-refractivity contribution in [3.8, 4) is 0 Å². The molecule has 3 aliphatic heterocycles. The number of carbonyl (C=O) groups is 3. The van der Waals surface area contributed by atoms with Crippen molar-refractivity contribution in [1.82, 2.24) is 34.3 Å². The van der Waals surface area contributed by atoms with E-state index in [-0.39, 0.29) is 11.9 Å². The Balaban J connectivity index is 0.000000269. The van der Waals surface area contributed by atoms with Crippen LogP contribution in [0.5, 0.6) is 0 Å². The molecule has 3 aliphatic rings. The minimum atomic E-state index is -0.438. The van der Waals surface area contributed by atoms with Gasteiger partial charge in [0, 0.05) is 107 Å². The number of hydrogen-bond donors (Lipinski definition) is 4. The first kappa shape index (κ1) is 48.7. The first-order valence-electron chi connectivity index (χ1n) is 20.2. The highest BCUT2D eigenvalue weighted by Gasteiger charge is 2.20. The summed E-state index contributed by atoms with van der Waals surface area (Å²) < 4.78 is 16.3. The van der Waals surface area contributed by atoms with E-state index in [1.165, 1.54) is 44.2 Å². The standard InChI is InChI=1S/C14H22N2O2.C12H19N3O2.C10H14N2O2.C4H9Br.CH4O/c1-3-5-6-15-7-8-16-10-12(9-13(16)11-15)14(17)18-4-2;1-2-3-4-14-5-6-15-8-10(12(16)13-17)7-11(15)9-14;1-2-14-10(13)8-5-9-6-11-3-4-12(9)7-8;1-2-3-4-5;1-2/h9-10H,3-8,11H2,1-2H3;7-8,17H,2-6,9H2,1H3,(H,13,16);5,7,11H,2-4,6H2,1H3;2-4H2,1H3;2H,1H3. The second kappa shape index (κ2) is 28.0. The lowest BCUT2D eigenvalue weighted by molar-refractivity contribution is 0.0516. The van der Waals surface area contributed by atoms with Gasteiger partial charge in [-0.25, -0.2) is 15.1 Å². The lowest BCUT2D eigenvalue weighted by Gasteiger charge is -2.28. The number of aliphatic hydroxyl groups excluding tert-OH is 1. The maximum atomic E-state index is 11.7. The van der Waals surface area contributed by atoms with Crippen molar-refractivity contribution in [2.24, 2.45) is 0 Å². The zero-order chi connectivity index (χ0) is 41.3. The smallest absolute Gasteiger partial charge is 0.339 e.